The average Bonchev–Trinajstić information content (AvgIpc) is 2.60. The van der Waals surface area contributed by atoms with Gasteiger partial charge in [0.15, 0.2) is 0 Å². The van der Waals surface area contributed by atoms with Crippen molar-refractivity contribution in [2.75, 3.05) is 27.9 Å². The summed E-state index contributed by atoms with van der Waals surface area (Å²) in [7, 11) is -0.255. The van der Waals surface area contributed by atoms with E-state index in [0.29, 0.717) is 0 Å². The lowest BCUT2D eigenvalue weighted by Gasteiger charge is -2.51. The van der Waals surface area contributed by atoms with Crippen LogP contribution in [0.3, 0.4) is 0 Å². The minimum absolute atomic E-state index is 0.424. The predicted molar refractivity (Wildman–Crippen MR) is 70.7 cm³/mol. The van der Waals surface area contributed by atoms with E-state index < -0.39 is 63.3 Å². The molecule has 4 nitrogen and oxygen atoms in total. The highest BCUT2D eigenvalue weighted by Crippen LogP contribution is 2.69. The number of ether oxygens (including phenoxy) is 1. The van der Waals surface area contributed by atoms with Gasteiger partial charge in [0.05, 0.1) is 6.61 Å². The Bertz CT molecular complexity index is 530. The zero-order chi connectivity index (χ0) is 22.4. The van der Waals surface area contributed by atoms with Crippen molar-refractivity contribution >= 4 is 8.80 Å². The molecule has 0 amide bonds. The summed E-state index contributed by atoms with van der Waals surface area (Å²) in [6.45, 7) is -1.58. The lowest BCUT2D eigenvalue weighted by molar-refractivity contribution is -0.524. The first-order valence-electron chi connectivity index (χ1n) is 7.26. The molecule has 1 aliphatic carbocycles. The van der Waals surface area contributed by atoms with Crippen LogP contribution in [0.2, 0.25) is 6.04 Å². The van der Waals surface area contributed by atoms with Crippen LogP contribution < -0.4 is 0 Å². The summed E-state index contributed by atoms with van der Waals surface area (Å²) in [5.74, 6) is -42.1. The van der Waals surface area contributed by atoms with Gasteiger partial charge in [-0.15, -0.1) is 0 Å². The molecule has 0 aromatic rings. The Balaban J connectivity index is 3.21. The molecule has 16 heteroatoms. The molecule has 168 valence electrons. The molecule has 0 unspecified atom stereocenters. The van der Waals surface area contributed by atoms with Crippen LogP contribution in [0, 0.1) is 0 Å². The summed E-state index contributed by atoms with van der Waals surface area (Å²) in [6.07, 6.45) is -0.729. The zero-order valence-electron chi connectivity index (χ0n) is 14.4. The largest absolute Gasteiger partial charge is 0.500 e. The van der Waals surface area contributed by atoms with Crippen LogP contribution in [0.25, 0.3) is 0 Å². The van der Waals surface area contributed by atoms with Gasteiger partial charge in [-0.25, -0.2) is 0 Å². The van der Waals surface area contributed by atoms with Crippen molar-refractivity contribution in [3.05, 3.63) is 0 Å². The van der Waals surface area contributed by atoms with E-state index in [4.69, 9.17) is 13.3 Å². The van der Waals surface area contributed by atoms with E-state index in [1.807, 2.05) is 0 Å². The quantitative estimate of drug-likeness (QED) is 0.310. The molecule has 0 heterocycles. The lowest BCUT2D eigenvalue weighted by Crippen LogP contribution is -2.84. The Kier molecular flexibility index (Phi) is 6.52. The molecule has 0 aromatic heterocycles. The van der Waals surface area contributed by atoms with Crippen molar-refractivity contribution in [3.63, 3.8) is 0 Å². The maximum Gasteiger partial charge on any atom is 0.500 e. The summed E-state index contributed by atoms with van der Waals surface area (Å²) >= 11 is 0. The van der Waals surface area contributed by atoms with E-state index in [1.165, 1.54) is 0 Å². The van der Waals surface area contributed by atoms with Crippen molar-refractivity contribution in [1.82, 2.24) is 0 Å². The smallest absolute Gasteiger partial charge is 0.377 e. The number of hydrogen-bond acceptors (Lipinski definition) is 4. The molecule has 28 heavy (non-hydrogen) atoms. The van der Waals surface area contributed by atoms with E-state index in [-0.39, 0.29) is 0 Å². The summed E-state index contributed by atoms with van der Waals surface area (Å²) < 4.78 is 166. The second kappa shape index (κ2) is 7.21. The molecular formula is C12H15F11O4Si. The van der Waals surface area contributed by atoms with Crippen LogP contribution in [0.15, 0.2) is 0 Å². The molecule has 1 fully saturated rings. The van der Waals surface area contributed by atoms with Crippen molar-refractivity contribution in [1.29, 1.82) is 0 Å². The second-order valence-electron chi connectivity index (χ2n) is 5.71. The number of hydrogen-bond donors (Lipinski definition) is 0. The van der Waals surface area contributed by atoms with Crippen molar-refractivity contribution in [3.8, 4) is 0 Å². The first-order valence-corrected chi connectivity index (χ1v) is 9.19. The molecule has 0 radical (unpaired) electrons. The van der Waals surface area contributed by atoms with Gasteiger partial charge < -0.3 is 18.0 Å². The molecule has 0 saturated heterocycles. The minimum atomic E-state index is -7.27. The van der Waals surface area contributed by atoms with E-state index in [1.54, 1.807) is 0 Å². The standard InChI is InChI=1S/C12H15F11O4Si/c1-24-28(25-2,26-3)6-4-5-27-12(23)10(19,20)8(15,16)7(13,14)9(17,18)11(12,21)22/h4-6H2,1-3H3. The lowest BCUT2D eigenvalue weighted by atomic mass is 9.78. The van der Waals surface area contributed by atoms with Crippen LogP contribution >= 0.6 is 0 Å². The van der Waals surface area contributed by atoms with Gasteiger partial charge in [0.1, 0.15) is 0 Å². The third-order valence-corrected chi connectivity index (χ3v) is 7.08. The fourth-order valence-corrected chi connectivity index (χ4v) is 4.12. The fraction of sp³-hybridized carbons (Fsp3) is 1.00. The van der Waals surface area contributed by atoms with Crippen molar-refractivity contribution in [2.24, 2.45) is 0 Å². The molecule has 0 N–H and O–H groups in total. The Morgan fingerprint density at radius 2 is 0.893 bits per heavy atom. The number of rotatable bonds is 8. The predicted octanol–water partition coefficient (Wildman–Crippen LogP) is 4.13. The number of alkyl halides is 11. The van der Waals surface area contributed by atoms with Crippen LogP contribution in [0.4, 0.5) is 48.3 Å². The average molecular weight is 460 g/mol. The monoisotopic (exact) mass is 460 g/mol. The third kappa shape index (κ3) is 2.94. The summed E-state index contributed by atoms with van der Waals surface area (Å²) in [4.78, 5) is 0. The molecule has 0 aromatic carbocycles. The van der Waals surface area contributed by atoms with Gasteiger partial charge >= 0.3 is 44.3 Å². The normalized spacial score (nSPS) is 26.8. The first-order chi connectivity index (χ1) is 12.4. The van der Waals surface area contributed by atoms with E-state index >= 15 is 0 Å². The third-order valence-electron chi connectivity index (χ3n) is 4.25. The Morgan fingerprint density at radius 1 is 0.571 bits per heavy atom. The Hall–Kier alpha value is -0.713. The van der Waals surface area contributed by atoms with Gasteiger partial charge in [0, 0.05) is 27.4 Å². The van der Waals surface area contributed by atoms with Gasteiger partial charge in [-0.3, -0.25) is 0 Å². The van der Waals surface area contributed by atoms with Crippen LogP contribution in [0.5, 0.6) is 0 Å². The van der Waals surface area contributed by atoms with Gasteiger partial charge in [-0.1, -0.05) is 0 Å². The zero-order valence-corrected chi connectivity index (χ0v) is 15.4. The Labute approximate surface area is 152 Å². The van der Waals surface area contributed by atoms with Gasteiger partial charge in [0.2, 0.25) is 0 Å². The summed E-state index contributed by atoms with van der Waals surface area (Å²) in [5.41, 5.74) is 0. The minimum Gasteiger partial charge on any atom is -0.377 e. The topological polar surface area (TPSA) is 36.9 Å². The van der Waals surface area contributed by atoms with Gasteiger partial charge in [-0.05, 0) is 6.42 Å². The highest BCUT2D eigenvalue weighted by molar-refractivity contribution is 6.60. The van der Waals surface area contributed by atoms with Crippen molar-refractivity contribution in [2.45, 2.75) is 47.9 Å². The highest BCUT2D eigenvalue weighted by atomic mass is 28.4. The maximum atomic E-state index is 14.2. The number of halogens is 11. The SMILES string of the molecule is CO[Si](CCCOC1(F)C(F)(F)C(F)(F)C(F)(F)C(F)(F)C1(F)F)(OC)OC. The molecule has 0 atom stereocenters. The summed E-state index contributed by atoms with van der Waals surface area (Å²) in [6, 6.07) is -0.424. The molecule has 1 rings (SSSR count). The van der Waals surface area contributed by atoms with Crippen molar-refractivity contribution < 1.29 is 66.3 Å². The van der Waals surface area contributed by atoms with Gasteiger partial charge in [-0.2, -0.15) is 48.3 Å². The van der Waals surface area contributed by atoms with E-state index in [2.05, 4.69) is 4.74 Å². The molecule has 0 bridgehead atoms. The highest BCUT2D eigenvalue weighted by Gasteiger charge is 3.02. The van der Waals surface area contributed by atoms with E-state index in [9.17, 15) is 48.3 Å². The van der Waals surface area contributed by atoms with Crippen LogP contribution in [-0.2, 0) is 18.0 Å². The first kappa shape index (κ1) is 25.3. The second-order valence-corrected chi connectivity index (χ2v) is 8.81. The van der Waals surface area contributed by atoms with Crippen LogP contribution in [-0.4, -0.2) is 72.2 Å². The molecule has 0 spiro atoms. The van der Waals surface area contributed by atoms with E-state index in [0.717, 1.165) is 21.3 Å². The molecule has 1 saturated carbocycles. The van der Waals surface area contributed by atoms with Crippen LogP contribution in [0.1, 0.15) is 6.42 Å². The molecule has 1 aliphatic rings. The Morgan fingerprint density at radius 3 is 1.21 bits per heavy atom. The van der Waals surface area contributed by atoms with Gasteiger partial charge in [0.25, 0.3) is 0 Å². The molecular weight excluding hydrogens is 445 g/mol. The summed E-state index contributed by atoms with van der Waals surface area (Å²) in [5, 5.41) is 0. The molecule has 0 aliphatic heterocycles. The fourth-order valence-electron chi connectivity index (χ4n) is 2.43. The maximum absolute atomic E-state index is 14.2.